The Hall–Kier alpha value is -2.45. The van der Waals surface area contributed by atoms with Crippen LogP contribution in [0.2, 0.25) is 0 Å². The molecule has 1 spiro atoms. The number of benzene rings is 1. The lowest BCUT2D eigenvalue weighted by Crippen LogP contribution is -2.43. The lowest BCUT2D eigenvalue weighted by molar-refractivity contribution is -0.150. The molecule has 0 radical (unpaired) electrons. The number of esters is 1. The van der Waals surface area contributed by atoms with Gasteiger partial charge in [-0.2, -0.15) is 4.98 Å². The third-order valence-electron chi connectivity index (χ3n) is 6.78. The Labute approximate surface area is 175 Å². The normalized spacial score (nSPS) is 25.0. The van der Waals surface area contributed by atoms with Crippen LogP contribution in [0.25, 0.3) is 11.5 Å². The first kappa shape index (κ1) is 19.5. The van der Waals surface area contributed by atoms with Crippen molar-refractivity contribution in [1.82, 2.24) is 15.0 Å². The van der Waals surface area contributed by atoms with Crippen molar-refractivity contribution in [3.8, 4) is 11.5 Å². The zero-order chi connectivity index (χ0) is 20.6. The number of aliphatic hydroxyl groups excluding tert-OH is 1. The summed E-state index contributed by atoms with van der Waals surface area (Å²) in [6.07, 6.45) is 3.64. The highest BCUT2D eigenvalue weighted by Gasteiger charge is 2.51. The van der Waals surface area contributed by atoms with E-state index in [0.29, 0.717) is 24.9 Å². The number of carbonyl (C=O) groups excluding carboxylic acids is 1. The van der Waals surface area contributed by atoms with Gasteiger partial charge in [-0.15, -0.1) is 0 Å². The summed E-state index contributed by atoms with van der Waals surface area (Å²) in [5.41, 5.74) is 0.514. The summed E-state index contributed by atoms with van der Waals surface area (Å²) in [5, 5.41) is 13.8. The number of anilines is 1. The second kappa shape index (κ2) is 8.00. The van der Waals surface area contributed by atoms with Crippen molar-refractivity contribution in [2.24, 2.45) is 5.41 Å². The highest BCUT2D eigenvalue weighted by atomic mass is 16.6. The molecule has 8 heteroatoms. The van der Waals surface area contributed by atoms with Gasteiger partial charge in [-0.1, -0.05) is 18.2 Å². The molecule has 0 amide bonds. The minimum absolute atomic E-state index is 0.0471. The topological polar surface area (TPSA) is 91.9 Å². The average Bonchev–Trinajstić information content (AvgIpc) is 3.37. The van der Waals surface area contributed by atoms with Gasteiger partial charge in [0.25, 0.3) is 11.8 Å². The SMILES string of the molecule is O=C1OC(CN2CCC(O)CC2)CC12CCN(c1noc(-c3ccccc3)n1)CC2. The van der Waals surface area contributed by atoms with E-state index >= 15 is 0 Å². The number of likely N-dealkylation sites (tertiary alicyclic amines) is 1. The monoisotopic (exact) mass is 412 g/mol. The summed E-state index contributed by atoms with van der Waals surface area (Å²) in [6, 6.07) is 9.73. The molecule has 30 heavy (non-hydrogen) atoms. The molecule has 1 aromatic carbocycles. The van der Waals surface area contributed by atoms with Gasteiger partial charge in [0.1, 0.15) is 6.10 Å². The molecular formula is C22H28N4O4. The van der Waals surface area contributed by atoms with Crippen LogP contribution in [-0.2, 0) is 9.53 Å². The van der Waals surface area contributed by atoms with Gasteiger partial charge in [0.15, 0.2) is 0 Å². The molecule has 3 aliphatic heterocycles. The molecule has 3 fully saturated rings. The Bertz CT molecular complexity index is 870. The van der Waals surface area contributed by atoms with Gasteiger partial charge < -0.3 is 19.3 Å². The van der Waals surface area contributed by atoms with Gasteiger partial charge >= 0.3 is 5.97 Å². The number of cyclic esters (lactones) is 1. The highest BCUT2D eigenvalue weighted by Crippen LogP contribution is 2.44. The molecule has 1 unspecified atom stereocenters. The number of hydrogen-bond donors (Lipinski definition) is 1. The van der Waals surface area contributed by atoms with Crippen molar-refractivity contribution in [2.75, 3.05) is 37.6 Å². The molecule has 5 rings (SSSR count). The van der Waals surface area contributed by atoms with E-state index in [2.05, 4.69) is 19.9 Å². The molecule has 1 atom stereocenters. The van der Waals surface area contributed by atoms with E-state index in [1.54, 1.807) is 0 Å². The minimum Gasteiger partial charge on any atom is -0.461 e. The number of hydrogen-bond acceptors (Lipinski definition) is 8. The summed E-state index contributed by atoms with van der Waals surface area (Å²) in [7, 11) is 0. The molecule has 0 saturated carbocycles. The van der Waals surface area contributed by atoms with Crippen LogP contribution in [0.15, 0.2) is 34.9 Å². The number of aliphatic hydroxyl groups is 1. The van der Waals surface area contributed by atoms with Gasteiger partial charge in [-0.25, -0.2) is 0 Å². The largest absolute Gasteiger partial charge is 0.461 e. The maximum absolute atomic E-state index is 12.7. The summed E-state index contributed by atoms with van der Waals surface area (Å²) >= 11 is 0. The lowest BCUT2D eigenvalue weighted by Gasteiger charge is -2.36. The molecule has 3 aliphatic rings. The van der Waals surface area contributed by atoms with E-state index in [1.165, 1.54) is 0 Å². The Balaban J connectivity index is 1.18. The van der Waals surface area contributed by atoms with E-state index in [0.717, 1.165) is 57.3 Å². The first-order valence-corrected chi connectivity index (χ1v) is 10.9. The fourth-order valence-electron chi connectivity index (χ4n) is 4.91. The Morgan fingerprint density at radius 2 is 1.83 bits per heavy atom. The molecule has 8 nitrogen and oxygen atoms in total. The van der Waals surface area contributed by atoms with Gasteiger partial charge in [0.05, 0.1) is 11.5 Å². The Morgan fingerprint density at radius 1 is 1.10 bits per heavy atom. The van der Waals surface area contributed by atoms with Gasteiger partial charge in [0.2, 0.25) is 0 Å². The number of aromatic nitrogens is 2. The van der Waals surface area contributed by atoms with E-state index < -0.39 is 0 Å². The number of rotatable bonds is 4. The molecule has 0 bridgehead atoms. The van der Waals surface area contributed by atoms with Crippen molar-refractivity contribution in [1.29, 1.82) is 0 Å². The molecule has 0 aliphatic carbocycles. The molecule has 3 saturated heterocycles. The quantitative estimate of drug-likeness (QED) is 0.764. The Kier molecular flexibility index (Phi) is 5.20. The lowest BCUT2D eigenvalue weighted by atomic mass is 9.76. The van der Waals surface area contributed by atoms with Crippen LogP contribution in [-0.4, -0.2) is 71.0 Å². The first-order chi connectivity index (χ1) is 14.6. The fraction of sp³-hybridized carbons (Fsp3) is 0.591. The van der Waals surface area contributed by atoms with Crippen LogP contribution < -0.4 is 4.90 Å². The van der Waals surface area contributed by atoms with E-state index in [9.17, 15) is 9.90 Å². The van der Waals surface area contributed by atoms with Crippen LogP contribution in [0.4, 0.5) is 5.95 Å². The zero-order valence-electron chi connectivity index (χ0n) is 17.1. The number of piperidine rings is 2. The third kappa shape index (κ3) is 3.81. The molecule has 4 heterocycles. The van der Waals surface area contributed by atoms with Crippen LogP contribution >= 0.6 is 0 Å². The predicted molar refractivity (Wildman–Crippen MR) is 110 cm³/mol. The van der Waals surface area contributed by atoms with Gasteiger partial charge in [-0.3, -0.25) is 9.69 Å². The standard InChI is InChI=1S/C22H28N4O4/c27-17-6-10-25(11-7-17)15-18-14-22(20(28)29-18)8-12-26(13-9-22)21-23-19(30-24-21)16-4-2-1-3-5-16/h1-5,17-18,27H,6-15H2. The van der Waals surface area contributed by atoms with Crippen molar-refractivity contribution in [3.63, 3.8) is 0 Å². The second-order valence-corrected chi connectivity index (χ2v) is 8.80. The summed E-state index contributed by atoms with van der Waals surface area (Å²) in [5.74, 6) is 1.04. The number of nitrogens with zero attached hydrogens (tertiary/aromatic N) is 4. The summed E-state index contributed by atoms with van der Waals surface area (Å²) in [6.45, 7) is 3.95. The Morgan fingerprint density at radius 3 is 2.57 bits per heavy atom. The van der Waals surface area contributed by atoms with E-state index in [4.69, 9.17) is 9.26 Å². The van der Waals surface area contributed by atoms with Crippen molar-refractivity contribution in [3.05, 3.63) is 30.3 Å². The smallest absolute Gasteiger partial charge is 0.312 e. The van der Waals surface area contributed by atoms with Crippen LogP contribution in [0.1, 0.15) is 32.1 Å². The summed E-state index contributed by atoms with van der Waals surface area (Å²) in [4.78, 5) is 21.7. The van der Waals surface area contributed by atoms with Crippen LogP contribution in [0.3, 0.4) is 0 Å². The van der Waals surface area contributed by atoms with Gasteiger partial charge in [-0.05, 0) is 43.0 Å². The fourth-order valence-corrected chi connectivity index (χ4v) is 4.91. The van der Waals surface area contributed by atoms with E-state index in [1.807, 2.05) is 30.3 Å². The first-order valence-electron chi connectivity index (χ1n) is 10.9. The molecule has 1 N–H and O–H groups in total. The molecule has 160 valence electrons. The summed E-state index contributed by atoms with van der Waals surface area (Å²) < 4.78 is 11.2. The van der Waals surface area contributed by atoms with Crippen molar-refractivity contribution < 1.29 is 19.2 Å². The number of ether oxygens (including phenoxy) is 1. The minimum atomic E-state index is -0.386. The van der Waals surface area contributed by atoms with Crippen LogP contribution in [0.5, 0.6) is 0 Å². The second-order valence-electron chi connectivity index (χ2n) is 8.80. The van der Waals surface area contributed by atoms with E-state index in [-0.39, 0.29) is 23.6 Å². The zero-order valence-corrected chi connectivity index (χ0v) is 17.1. The average molecular weight is 412 g/mol. The van der Waals surface area contributed by atoms with Crippen molar-refractivity contribution in [2.45, 2.75) is 44.3 Å². The van der Waals surface area contributed by atoms with Gasteiger partial charge in [0, 0.05) is 44.7 Å². The van der Waals surface area contributed by atoms with Crippen LogP contribution in [0, 0.1) is 5.41 Å². The molecular weight excluding hydrogens is 384 g/mol. The molecule has 2 aromatic rings. The number of carbonyl (C=O) groups is 1. The third-order valence-corrected chi connectivity index (χ3v) is 6.78. The predicted octanol–water partition coefficient (Wildman–Crippen LogP) is 2.10. The highest BCUT2D eigenvalue weighted by molar-refractivity contribution is 5.79. The maximum Gasteiger partial charge on any atom is 0.312 e. The molecule has 1 aromatic heterocycles. The maximum atomic E-state index is 12.7. The van der Waals surface area contributed by atoms with Crippen molar-refractivity contribution >= 4 is 11.9 Å².